The van der Waals surface area contributed by atoms with Gasteiger partial charge in [-0.25, -0.2) is 0 Å². The second-order valence-electron chi connectivity index (χ2n) is 12.3. The Morgan fingerprint density at radius 2 is 1.26 bits per heavy atom. The maximum Gasteiger partial charge on any atom is 0.323 e. The lowest BCUT2D eigenvalue weighted by molar-refractivity contribution is -0.484. The molecule has 10 atom stereocenters. The van der Waals surface area contributed by atoms with E-state index in [2.05, 4.69) is 4.33 Å². The lowest BCUT2D eigenvalue weighted by atomic mass is 9.53. The highest BCUT2D eigenvalue weighted by Gasteiger charge is 2.91. The van der Waals surface area contributed by atoms with Crippen molar-refractivity contribution < 1.29 is 100 Å². The van der Waals surface area contributed by atoms with Gasteiger partial charge in [0.05, 0.1) is 11.5 Å². The number of rotatable bonds is 14. The molecular formula is C31H37ClO21S. The van der Waals surface area contributed by atoms with Crippen LogP contribution in [0.2, 0.25) is 5.02 Å². The van der Waals surface area contributed by atoms with Crippen LogP contribution in [0.3, 0.4) is 0 Å². The van der Waals surface area contributed by atoms with E-state index in [1.165, 1.54) is 0 Å². The molecule has 21 nitrogen and oxygen atoms in total. The molecule has 0 aromatic heterocycles. The Morgan fingerprint density at radius 3 is 1.67 bits per heavy atom. The summed E-state index contributed by atoms with van der Waals surface area (Å²) in [5, 5.41) is 58.1. The van der Waals surface area contributed by atoms with Crippen LogP contribution in [0, 0.1) is 0 Å². The highest BCUT2D eigenvalue weighted by molar-refractivity contribution is 7.86. The molecule has 2 aliphatic heterocycles. The molecule has 1 aromatic rings. The van der Waals surface area contributed by atoms with Gasteiger partial charge in [-0.1, -0.05) is 15.9 Å². The van der Waals surface area contributed by atoms with Crippen LogP contribution in [0.15, 0.2) is 29.2 Å². The second kappa shape index (κ2) is 15.5. The lowest BCUT2D eigenvalue weighted by Crippen LogP contribution is -2.95. The van der Waals surface area contributed by atoms with Crippen LogP contribution >= 0.6 is 11.6 Å². The summed E-state index contributed by atoms with van der Waals surface area (Å²) >= 11 is 5.79. The molecule has 2 saturated heterocycles. The van der Waals surface area contributed by atoms with E-state index in [1.54, 1.807) is 0 Å². The van der Waals surface area contributed by atoms with E-state index in [1.807, 2.05) is 0 Å². The first-order valence-corrected chi connectivity index (χ1v) is 17.2. The normalized spacial score (nSPS) is 35.4. The number of hydrogen-bond donors (Lipinski definition) is 5. The highest BCUT2D eigenvalue weighted by atomic mass is 35.5. The molecule has 23 heteroatoms. The maximum atomic E-state index is 14.1. The summed E-state index contributed by atoms with van der Waals surface area (Å²) < 4.78 is 57.2. The van der Waals surface area contributed by atoms with Crippen LogP contribution in [-0.4, -0.2) is 140 Å². The Bertz CT molecular complexity index is 1830. The number of Topliss-reactive ketones (excluding diaryl/α,β-unsaturated/α-hetero) is 5. The van der Waals surface area contributed by atoms with E-state index in [0.29, 0.717) is 34.6 Å². The van der Waals surface area contributed by atoms with Gasteiger partial charge in [-0.15, -0.1) is 0 Å². The van der Waals surface area contributed by atoms with Gasteiger partial charge >= 0.3 is 27.8 Å². The topological polar surface area (TPSA) is 319 Å². The molecular weight excluding hydrogens is 776 g/mol. The Balaban J connectivity index is 2.46. The number of carbonyl (C=O) groups excluding carboxylic acids is 7. The SMILES string of the molecule is CC(=O)O[C@H]1[C@@H](O)[C@H](O[C@@]2(C(C)=O)[C@](O)(C(C)=O)[C@@](O)(C(C)=O)[C@@](OOS(=O)(=O)c3ccc(Cl)cc3)(C(C)=O)O[C@@]2(CO)C(C)=O)O[C@H](O)[C@H]1OC(C)=O. The van der Waals surface area contributed by atoms with Gasteiger partial charge in [0, 0.05) is 25.8 Å². The van der Waals surface area contributed by atoms with Crippen LogP contribution in [-0.2, 0) is 76.6 Å². The molecule has 1 aromatic carbocycles. The number of ether oxygens (including phenoxy) is 5. The third kappa shape index (κ3) is 6.68. The predicted molar refractivity (Wildman–Crippen MR) is 170 cm³/mol. The number of esters is 2. The van der Waals surface area contributed by atoms with Crippen LogP contribution < -0.4 is 0 Å². The van der Waals surface area contributed by atoms with Crippen LogP contribution in [0.1, 0.15) is 48.5 Å². The molecule has 2 fully saturated rings. The van der Waals surface area contributed by atoms with Crippen molar-refractivity contribution in [1.29, 1.82) is 0 Å². The quantitative estimate of drug-likeness (QED) is 0.0736. The number of carbonyl (C=O) groups is 7. The lowest BCUT2D eigenvalue weighted by Gasteiger charge is -2.65. The first-order valence-electron chi connectivity index (χ1n) is 15.4. The monoisotopic (exact) mass is 812 g/mol. The molecule has 0 saturated carbocycles. The van der Waals surface area contributed by atoms with Crippen molar-refractivity contribution in [3.63, 3.8) is 0 Å². The van der Waals surface area contributed by atoms with Gasteiger partial charge in [0.25, 0.3) is 0 Å². The van der Waals surface area contributed by atoms with Gasteiger partial charge in [0.2, 0.25) is 16.8 Å². The van der Waals surface area contributed by atoms with E-state index in [0.717, 1.165) is 38.1 Å². The third-order valence-corrected chi connectivity index (χ3v) is 10.2. The number of aliphatic hydroxyl groups is 5. The zero-order chi connectivity index (χ0) is 41.6. The van der Waals surface area contributed by atoms with E-state index >= 15 is 0 Å². The zero-order valence-corrected chi connectivity index (χ0v) is 31.0. The fraction of sp³-hybridized carbons (Fsp3) is 0.581. The largest absolute Gasteiger partial charge is 0.455 e. The highest BCUT2D eigenvalue weighted by Crippen LogP contribution is 2.59. The Labute approximate surface area is 311 Å². The fourth-order valence-electron chi connectivity index (χ4n) is 6.46. The molecule has 0 aliphatic carbocycles. The Morgan fingerprint density at radius 1 is 0.759 bits per heavy atom. The van der Waals surface area contributed by atoms with Crippen molar-refractivity contribution in [2.45, 2.75) is 112 Å². The van der Waals surface area contributed by atoms with Crippen LogP contribution in [0.5, 0.6) is 0 Å². The molecule has 0 radical (unpaired) electrons. The van der Waals surface area contributed by atoms with Crippen LogP contribution in [0.25, 0.3) is 0 Å². The molecule has 5 N–H and O–H groups in total. The summed E-state index contributed by atoms with van der Waals surface area (Å²) in [6, 6.07) is 3.88. The minimum absolute atomic E-state index is 0.0404. The standard InChI is InChI=1S/C31H37ClO21S/c1-13(34)27(12-33)30(16(4)37,50-26-22(41)23(47-18(6)39)24(25(42)49-26)48-19(7)40)28(43,14(2)35)29(44,15(3)36)31(51-27,17(5)38)52-53-54(45,46)21-10-8-20(32)9-11-21/h8-11,22-26,33,41-44H,12H2,1-7H3/t22-,23+,24+,25+,26+,27+,28+,29+,30-,31+/m1/s1. The zero-order valence-electron chi connectivity index (χ0n) is 29.5. The predicted octanol–water partition coefficient (Wildman–Crippen LogP) is -2.50. The first-order chi connectivity index (χ1) is 24.7. The van der Waals surface area contributed by atoms with Crippen molar-refractivity contribution in [3.05, 3.63) is 29.3 Å². The van der Waals surface area contributed by atoms with Crippen molar-refractivity contribution in [2.75, 3.05) is 6.61 Å². The number of halogens is 1. The maximum absolute atomic E-state index is 14.1. The molecule has 3 rings (SSSR count). The van der Waals surface area contributed by atoms with Crippen molar-refractivity contribution in [1.82, 2.24) is 0 Å². The van der Waals surface area contributed by atoms with Crippen molar-refractivity contribution >= 4 is 62.6 Å². The molecule has 0 unspecified atom stereocenters. The molecule has 0 bridgehead atoms. The van der Waals surface area contributed by atoms with E-state index in [4.69, 9.17) is 40.2 Å². The summed E-state index contributed by atoms with van der Waals surface area (Å²) in [6.07, 6.45) is -12.0. The van der Waals surface area contributed by atoms with Gasteiger partial charge in [0.1, 0.15) is 6.10 Å². The fourth-order valence-corrected chi connectivity index (χ4v) is 7.32. The minimum Gasteiger partial charge on any atom is -0.455 e. The third-order valence-electron chi connectivity index (χ3n) is 8.90. The summed E-state index contributed by atoms with van der Waals surface area (Å²) in [5.74, 6) is -15.7. The number of ketones is 5. The first kappa shape index (κ1) is 44.7. The summed E-state index contributed by atoms with van der Waals surface area (Å²) in [5.41, 5.74) is -16.8. The molecule has 2 aliphatic rings. The van der Waals surface area contributed by atoms with Gasteiger partial charge in [-0.05, 0) is 52.0 Å². The van der Waals surface area contributed by atoms with Gasteiger partial charge in [0.15, 0.2) is 59.3 Å². The average molecular weight is 813 g/mol. The summed E-state index contributed by atoms with van der Waals surface area (Å²) in [7, 11) is -5.26. The number of benzene rings is 1. The van der Waals surface area contributed by atoms with Crippen molar-refractivity contribution in [2.24, 2.45) is 0 Å². The van der Waals surface area contributed by atoms with E-state index in [-0.39, 0.29) is 5.02 Å². The molecule has 0 spiro atoms. The molecule has 300 valence electrons. The second-order valence-corrected chi connectivity index (χ2v) is 14.2. The average Bonchev–Trinajstić information content (AvgIpc) is 3.06. The number of hydrogen-bond acceptors (Lipinski definition) is 21. The van der Waals surface area contributed by atoms with Gasteiger partial charge in [-0.2, -0.15) is 13.3 Å². The van der Waals surface area contributed by atoms with E-state index < -0.39 is 122 Å². The van der Waals surface area contributed by atoms with Gasteiger partial charge in [-0.3, -0.25) is 33.6 Å². The van der Waals surface area contributed by atoms with Crippen LogP contribution in [0.4, 0.5) is 0 Å². The molecule has 2 heterocycles. The molecule has 0 amide bonds. The Kier molecular flexibility index (Phi) is 12.8. The minimum atomic E-state index is -5.26. The molecule has 54 heavy (non-hydrogen) atoms. The van der Waals surface area contributed by atoms with Gasteiger partial charge < -0.3 is 49.2 Å². The Hall–Kier alpha value is -3.65. The van der Waals surface area contributed by atoms with E-state index in [9.17, 15) is 67.5 Å². The summed E-state index contributed by atoms with van der Waals surface area (Å²) in [6.45, 7) is 1.84. The number of aliphatic hydroxyl groups excluding tert-OH is 3. The smallest absolute Gasteiger partial charge is 0.323 e. The van der Waals surface area contributed by atoms with Crippen molar-refractivity contribution in [3.8, 4) is 0 Å². The summed E-state index contributed by atoms with van der Waals surface area (Å²) in [4.78, 5) is 96.9.